The fraction of sp³-hybridized carbons (Fsp3) is 0.923. The van der Waals surface area contributed by atoms with Gasteiger partial charge >= 0.3 is 5.97 Å². The van der Waals surface area contributed by atoms with E-state index in [9.17, 15) is 4.79 Å². The molecule has 3 aliphatic rings. The summed E-state index contributed by atoms with van der Waals surface area (Å²) in [5.74, 6) is -1.24. The first-order valence-corrected chi connectivity index (χ1v) is 6.57. The second-order valence-electron chi connectivity index (χ2n) is 5.81. The van der Waals surface area contributed by atoms with E-state index >= 15 is 0 Å². The molecule has 2 saturated heterocycles. The van der Waals surface area contributed by atoms with E-state index in [2.05, 4.69) is 0 Å². The van der Waals surface area contributed by atoms with Crippen LogP contribution >= 0.6 is 0 Å². The number of hydrogen-bond acceptors (Lipinski definition) is 6. The quantitative estimate of drug-likeness (QED) is 0.694. The molecule has 2 heterocycles. The molecule has 108 valence electrons. The van der Waals surface area contributed by atoms with Gasteiger partial charge in [-0.2, -0.15) is 0 Å². The van der Waals surface area contributed by atoms with Crippen LogP contribution in [0.3, 0.4) is 0 Å². The van der Waals surface area contributed by atoms with E-state index in [1.807, 2.05) is 13.8 Å². The van der Waals surface area contributed by atoms with Crippen molar-refractivity contribution >= 4 is 5.97 Å². The van der Waals surface area contributed by atoms with Crippen molar-refractivity contribution in [2.45, 2.75) is 56.6 Å². The predicted molar refractivity (Wildman–Crippen MR) is 63.2 cm³/mol. The summed E-state index contributed by atoms with van der Waals surface area (Å²) in [5.41, 5.74) is -0.661. The summed E-state index contributed by atoms with van der Waals surface area (Å²) in [5, 5.41) is 0. The molecule has 3 fully saturated rings. The lowest BCUT2D eigenvalue weighted by Gasteiger charge is -2.47. The van der Waals surface area contributed by atoms with Gasteiger partial charge in [0.05, 0.1) is 13.0 Å². The molecular weight excluding hydrogens is 252 g/mol. The molecule has 5 atom stereocenters. The minimum Gasteiger partial charge on any atom is -0.469 e. The van der Waals surface area contributed by atoms with Crippen molar-refractivity contribution in [2.24, 2.45) is 5.92 Å². The number of esters is 1. The molecule has 6 heteroatoms. The molecule has 19 heavy (non-hydrogen) atoms. The Bertz CT molecular complexity index is 395. The van der Waals surface area contributed by atoms with Crippen LogP contribution < -0.4 is 0 Å². The number of methoxy groups -OCH3 is 2. The third-order valence-electron chi connectivity index (χ3n) is 4.35. The minimum atomic E-state index is -0.681. The van der Waals surface area contributed by atoms with Crippen LogP contribution in [0.15, 0.2) is 0 Å². The van der Waals surface area contributed by atoms with Gasteiger partial charge in [-0.25, -0.2) is 0 Å². The van der Waals surface area contributed by atoms with Gasteiger partial charge in [-0.1, -0.05) is 0 Å². The maximum Gasteiger partial charge on any atom is 0.311 e. The van der Waals surface area contributed by atoms with Gasteiger partial charge in [0.2, 0.25) is 0 Å². The SMILES string of the molecule is COC(=O)[C@H]1CC[C@@]12OC(OC)C1OC(C)(C)O[C@H]12. The summed E-state index contributed by atoms with van der Waals surface area (Å²) in [6, 6.07) is 0. The first-order valence-electron chi connectivity index (χ1n) is 6.57. The molecule has 0 aromatic carbocycles. The Balaban J connectivity index is 1.89. The fourth-order valence-electron chi connectivity index (χ4n) is 3.41. The standard InChI is InChI=1S/C13H20O6/c1-12(2)17-8-9(18-12)13(19-11(8)16-4)6-5-7(13)10(14)15-3/h7-9,11H,5-6H2,1-4H3/t7-,8?,9-,11?,13-/m1/s1. The minimum absolute atomic E-state index is 0.255. The number of carbonyl (C=O) groups excluding carboxylic acids is 1. The average Bonchev–Trinajstić information content (AvgIpc) is 2.79. The molecule has 1 spiro atoms. The third-order valence-corrected chi connectivity index (χ3v) is 4.35. The van der Waals surface area contributed by atoms with Crippen LogP contribution in [0.25, 0.3) is 0 Å². The van der Waals surface area contributed by atoms with Crippen LogP contribution in [0, 0.1) is 5.92 Å². The highest BCUT2D eigenvalue weighted by atomic mass is 16.8. The van der Waals surface area contributed by atoms with Crippen molar-refractivity contribution in [3.8, 4) is 0 Å². The lowest BCUT2D eigenvalue weighted by molar-refractivity contribution is -0.279. The lowest BCUT2D eigenvalue weighted by atomic mass is 9.66. The number of fused-ring (bicyclic) bond motifs is 2. The van der Waals surface area contributed by atoms with Crippen molar-refractivity contribution in [1.29, 1.82) is 0 Å². The van der Waals surface area contributed by atoms with Gasteiger partial charge in [-0.05, 0) is 26.7 Å². The zero-order chi connectivity index (χ0) is 13.8. The Kier molecular flexibility index (Phi) is 2.91. The normalized spacial score (nSPS) is 46.9. The lowest BCUT2D eigenvalue weighted by Crippen LogP contribution is -2.59. The maximum atomic E-state index is 11.9. The zero-order valence-electron chi connectivity index (χ0n) is 11.7. The van der Waals surface area contributed by atoms with E-state index in [1.165, 1.54) is 7.11 Å². The number of ether oxygens (including phenoxy) is 5. The molecule has 0 radical (unpaired) electrons. The smallest absolute Gasteiger partial charge is 0.311 e. The van der Waals surface area contributed by atoms with E-state index in [0.717, 1.165) is 12.8 Å². The van der Waals surface area contributed by atoms with Gasteiger partial charge < -0.3 is 23.7 Å². The first-order chi connectivity index (χ1) is 8.93. The van der Waals surface area contributed by atoms with Gasteiger partial charge in [0.25, 0.3) is 0 Å². The molecule has 1 saturated carbocycles. The molecule has 0 bridgehead atoms. The number of hydrogen-bond donors (Lipinski definition) is 0. The molecule has 0 aromatic rings. The van der Waals surface area contributed by atoms with Crippen LogP contribution in [0.4, 0.5) is 0 Å². The molecule has 6 nitrogen and oxygen atoms in total. The van der Waals surface area contributed by atoms with Crippen LogP contribution in [-0.2, 0) is 28.5 Å². The summed E-state index contributed by atoms with van der Waals surface area (Å²) in [4.78, 5) is 11.9. The molecule has 1 aliphatic carbocycles. The number of rotatable bonds is 2. The van der Waals surface area contributed by atoms with Gasteiger partial charge in [-0.3, -0.25) is 4.79 Å². The number of carbonyl (C=O) groups is 1. The summed E-state index contributed by atoms with van der Waals surface area (Å²) in [6.45, 7) is 3.72. The van der Waals surface area contributed by atoms with E-state index in [-0.39, 0.29) is 24.1 Å². The monoisotopic (exact) mass is 272 g/mol. The Morgan fingerprint density at radius 3 is 2.47 bits per heavy atom. The van der Waals surface area contributed by atoms with Gasteiger partial charge in [0, 0.05) is 7.11 Å². The van der Waals surface area contributed by atoms with Gasteiger partial charge in [0.15, 0.2) is 12.1 Å². The van der Waals surface area contributed by atoms with Crippen molar-refractivity contribution < 1.29 is 28.5 Å². The largest absolute Gasteiger partial charge is 0.469 e. The van der Waals surface area contributed by atoms with E-state index in [0.29, 0.717) is 0 Å². The summed E-state index contributed by atoms with van der Waals surface area (Å²) in [6.07, 6.45) is 0.417. The summed E-state index contributed by atoms with van der Waals surface area (Å²) in [7, 11) is 2.96. The van der Waals surface area contributed by atoms with E-state index in [4.69, 9.17) is 23.7 Å². The van der Waals surface area contributed by atoms with Crippen molar-refractivity contribution in [3.63, 3.8) is 0 Å². The Morgan fingerprint density at radius 1 is 1.21 bits per heavy atom. The maximum absolute atomic E-state index is 11.9. The molecule has 3 rings (SSSR count). The van der Waals surface area contributed by atoms with Crippen LogP contribution in [0.1, 0.15) is 26.7 Å². The Labute approximate surface area is 112 Å². The van der Waals surface area contributed by atoms with E-state index < -0.39 is 17.7 Å². The predicted octanol–water partition coefficient (Wildman–Crippen LogP) is 0.831. The first kappa shape index (κ1) is 13.3. The highest BCUT2D eigenvalue weighted by molar-refractivity contribution is 5.75. The molecule has 0 aromatic heterocycles. The topological polar surface area (TPSA) is 63.2 Å². The molecule has 2 aliphatic heterocycles. The highest BCUT2D eigenvalue weighted by Gasteiger charge is 2.70. The van der Waals surface area contributed by atoms with E-state index in [1.54, 1.807) is 7.11 Å². The average molecular weight is 272 g/mol. The van der Waals surface area contributed by atoms with Crippen LogP contribution in [-0.4, -0.2) is 50.1 Å². The molecule has 2 unspecified atom stereocenters. The summed E-state index contributed by atoms with van der Waals surface area (Å²) < 4.78 is 27.9. The Hall–Kier alpha value is -0.690. The van der Waals surface area contributed by atoms with Crippen molar-refractivity contribution in [3.05, 3.63) is 0 Å². The van der Waals surface area contributed by atoms with Gasteiger partial charge in [0.1, 0.15) is 17.8 Å². The van der Waals surface area contributed by atoms with Crippen LogP contribution in [0.5, 0.6) is 0 Å². The molecular formula is C13H20O6. The second kappa shape index (κ2) is 4.15. The second-order valence-corrected chi connectivity index (χ2v) is 5.81. The molecule has 0 amide bonds. The fourth-order valence-corrected chi connectivity index (χ4v) is 3.41. The Morgan fingerprint density at radius 2 is 1.95 bits per heavy atom. The molecule has 0 N–H and O–H groups in total. The van der Waals surface area contributed by atoms with Crippen LogP contribution in [0.2, 0.25) is 0 Å². The van der Waals surface area contributed by atoms with Crippen molar-refractivity contribution in [1.82, 2.24) is 0 Å². The zero-order valence-corrected chi connectivity index (χ0v) is 11.7. The third kappa shape index (κ3) is 1.74. The van der Waals surface area contributed by atoms with Crippen molar-refractivity contribution in [2.75, 3.05) is 14.2 Å². The summed E-state index contributed by atoms with van der Waals surface area (Å²) >= 11 is 0. The highest BCUT2D eigenvalue weighted by Crippen LogP contribution is 2.56. The van der Waals surface area contributed by atoms with Gasteiger partial charge in [-0.15, -0.1) is 0 Å².